The average Bonchev–Trinajstić information content (AvgIpc) is 2.04. The first-order chi connectivity index (χ1) is 6.02. The summed E-state index contributed by atoms with van der Waals surface area (Å²) in [6, 6.07) is 1.24. The van der Waals surface area contributed by atoms with Crippen LogP contribution in [0.4, 0.5) is 5.69 Å². The fourth-order valence-corrected chi connectivity index (χ4v) is 1.10. The van der Waals surface area contributed by atoms with E-state index in [1.54, 1.807) is 13.8 Å². The molecule has 0 saturated carbocycles. The fourth-order valence-electron chi connectivity index (χ4n) is 1.10. The van der Waals surface area contributed by atoms with E-state index in [-0.39, 0.29) is 11.7 Å². The molecule has 0 fully saturated rings. The van der Waals surface area contributed by atoms with Gasteiger partial charge in [0.15, 0.2) is 0 Å². The molecule has 0 aromatic carbocycles. The van der Waals surface area contributed by atoms with Crippen LogP contribution in [0.15, 0.2) is 12.3 Å². The fraction of sp³-hybridized carbons (Fsp3) is 0.375. The normalized spacial score (nSPS) is 12.5. The highest BCUT2D eigenvalue weighted by Crippen LogP contribution is 2.18. The van der Waals surface area contributed by atoms with Crippen LogP contribution in [0.5, 0.6) is 0 Å². The number of hydrogen-bond acceptors (Lipinski definition) is 4. The Morgan fingerprint density at radius 1 is 1.69 bits per heavy atom. The van der Waals surface area contributed by atoms with Crippen molar-refractivity contribution in [3.05, 3.63) is 33.6 Å². The Hall–Kier alpha value is -1.49. The van der Waals surface area contributed by atoms with Crippen molar-refractivity contribution in [1.29, 1.82) is 0 Å². The molecule has 1 aromatic heterocycles. The number of aryl methyl sites for hydroxylation is 1. The monoisotopic (exact) mass is 181 g/mol. The number of pyridine rings is 1. The molecule has 0 bridgehead atoms. The van der Waals surface area contributed by atoms with E-state index < -0.39 is 4.92 Å². The summed E-state index contributed by atoms with van der Waals surface area (Å²) in [4.78, 5) is 13.8. The van der Waals surface area contributed by atoms with E-state index in [0.717, 1.165) is 5.69 Å². The summed E-state index contributed by atoms with van der Waals surface area (Å²) < 4.78 is 0. The van der Waals surface area contributed by atoms with Crippen LogP contribution in [0, 0.1) is 17.0 Å². The van der Waals surface area contributed by atoms with Gasteiger partial charge in [-0.3, -0.25) is 15.1 Å². The first-order valence-corrected chi connectivity index (χ1v) is 3.89. The van der Waals surface area contributed by atoms with Gasteiger partial charge in [-0.2, -0.15) is 0 Å². The van der Waals surface area contributed by atoms with Crippen LogP contribution in [-0.4, -0.2) is 9.91 Å². The molecule has 0 amide bonds. The lowest BCUT2D eigenvalue weighted by molar-refractivity contribution is -0.385. The molecule has 0 aliphatic rings. The Morgan fingerprint density at radius 3 is 2.77 bits per heavy atom. The molecule has 70 valence electrons. The summed E-state index contributed by atoms with van der Waals surface area (Å²) in [5.41, 5.74) is 7.06. The van der Waals surface area contributed by atoms with Gasteiger partial charge >= 0.3 is 0 Å². The minimum Gasteiger partial charge on any atom is -0.324 e. The van der Waals surface area contributed by atoms with Crippen LogP contribution in [0.3, 0.4) is 0 Å². The Balaban J connectivity index is 3.19. The predicted octanol–water partition coefficient (Wildman–Crippen LogP) is 1.32. The standard InChI is InChI=1S/C8H11N3O2/c1-5(9)8-3-7(11(12)13)4-10-6(8)2/h3-5H,9H2,1-2H3. The van der Waals surface area contributed by atoms with Crippen LogP contribution < -0.4 is 5.73 Å². The number of nitrogens with zero attached hydrogens (tertiary/aromatic N) is 2. The maximum Gasteiger partial charge on any atom is 0.287 e. The van der Waals surface area contributed by atoms with Gasteiger partial charge in [0, 0.05) is 17.8 Å². The molecule has 0 radical (unpaired) electrons. The van der Waals surface area contributed by atoms with Crippen molar-refractivity contribution in [3.63, 3.8) is 0 Å². The summed E-state index contributed by atoms with van der Waals surface area (Å²) in [6.07, 6.45) is 1.24. The second-order valence-corrected chi connectivity index (χ2v) is 2.91. The zero-order chi connectivity index (χ0) is 10.0. The molecule has 1 aromatic rings. The molecule has 0 spiro atoms. The molecule has 5 heteroatoms. The van der Waals surface area contributed by atoms with Crippen LogP contribution in [0.1, 0.15) is 24.2 Å². The maximum atomic E-state index is 10.4. The SMILES string of the molecule is Cc1ncc([N+](=O)[O-])cc1C(C)N. The number of nitro groups is 1. The van der Waals surface area contributed by atoms with E-state index in [2.05, 4.69) is 4.98 Å². The number of aromatic nitrogens is 1. The largest absolute Gasteiger partial charge is 0.324 e. The lowest BCUT2D eigenvalue weighted by Gasteiger charge is -2.07. The summed E-state index contributed by atoms with van der Waals surface area (Å²) in [7, 11) is 0. The third-order valence-electron chi connectivity index (χ3n) is 1.81. The topological polar surface area (TPSA) is 82.0 Å². The molecule has 1 rings (SSSR count). The first-order valence-electron chi connectivity index (χ1n) is 3.89. The van der Waals surface area contributed by atoms with E-state index in [9.17, 15) is 10.1 Å². The van der Waals surface area contributed by atoms with Gasteiger partial charge in [-0.25, -0.2) is 0 Å². The van der Waals surface area contributed by atoms with Gasteiger partial charge in [0.2, 0.25) is 0 Å². The van der Waals surface area contributed by atoms with E-state index in [1.807, 2.05) is 0 Å². The van der Waals surface area contributed by atoms with E-state index in [0.29, 0.717) is 5.56 Å². The summed E-state index contributed by atoms with van der Waals surface area (Å²) >= 11 is 0. The van der Waals surface area contributed by atoms with Crippen molar-refractivity contribution >= 4 is 5.69 Å². The lowest BCUT2D eigenvalue weighted by atomic mass is 10.1. The molecule has 0 saturated heterocycles. The smallest absolute Gasteiger partial charge is 0.287 e. The molecule has 0 aliphatic heterocycles. The Labute approximate surface area is 75.7 Å². The van der Waals surface area contributed by atoms with Crippen LogP contribution in [0.25, 0.3) is 0 Å². The van der Waals surface area contributed by atoms with Crippen LogP contribution in [-0.2, 0) is 0 Å². The minimum absolute atomic E-state index is 0.0158. The van der Waals surface area contributed by atoms with Crippen molar-refractivity contribution in [2.45, 2.75) is 19.9 Å². The Bertz CT molecular complexity index is 336. The zero-order valence-electron chi connectivity index (χ0n) is 7.52. The highest BCUT2D eigenvalue weighted by Gasteiger charge is 2.11. The second-order valence-electron chi connectivity index (χ2n) is 2.91. The average molecular weight is 181 g/mol. The molecular weight excluding hydrogens is 170 g/mol. The van der Waals surface area contributed by atoms with Gasteiger partial charge in [0.05, 0.1) is 4.92 Å². The zero-order valence-corrected chi connectivity index (χ0v) is 7.52. The van der Waals surface area contributed by atoms with Gasteiger partial charge in [0.25, 0.3) is 5.69 Å². The van der Waals surface area contributed by atoms with Crippen LogP contribution >= 0.6 is 0 Å². The number of rotatable bonds is 2. The van der Waals surface area contributed by atoms with Gasteiger partial charge in [-0.15, -0.1) is 0 Å². The van der Waals surface area contributed by atoms with Gasteiger partial charge in [0.1, 0.15) is 6.20 Å². The van der Waals surface area contributed by atoms with E-state index in [4.69, 9.17) is 5.73 Å². The van der Waals surface area contributed by atoms with Crippen LogP contribution in [0.2, 0.25) is 0 Å². The summed E-state index contributed by atoms with van der Waals surface area (Å²) in [6.45, 7) is 3.55. The summed E-state index contributed by atoms with van der Waals surface area (Å²) in [5, 5.41) is 10.4. The third kappa shape index (κ3) is 2.00. The highest BCUT2D eigenvalue weighted by molar-refractivity contribution is 5.35. The molecular formula is C8H11N3O2. The molecule has 2 N–H and O–H groups in total. The van der Waals surface area contributed by atoms with Crippen molar-refractivity contribution in [2.24, 2.45) is 5.73 Å². The quantitative estimate of drug-likeness (QED) is 0.551. The van der Waals surface area contributed by atoms with Gasteiger partial charge in [-0.1, -0.05) is 0 Å². The first kappa shape index (κ1) is 9.60. The van der Waals surface area contributed by atoms with Crippen molar-refractivity contribution in [3.8, 4) is 0 Å². The van der Waals surface area contributed by atoms with Crippen molar-refractivity contribution < 1.29 is 4.92 Å². The lowest BCUT2D eigenvalue weighted by Crippen LogP contribution is -2.08. The second kappa shape index (κ2) is 3.49. The molecule has 1 heterocycles. The predicted molar refractivity (Wildman–Crippen MR) is 48.2 cm³/mol. The minimum atomic E-state index is -0.474. The molecule has 13 heavy (non-hydrogen) atoms. The van der Waals surface area contributed by atoms with E-state index in [1.165, 1.54) is 12.3 Å². The van der Waals surface area contributed by atoms with Crippen molar-refractivity contribution in [2.75, 3.05) is 0 Å². The van der Waals surface area contributed by atoms with Gasteiger partial charge < -0.3 is 5.73 Å². The number of nitrogens with two attached hydrogens (primary N) is 1. The molecule has 1 unspecified atom stereocenters. The number of hydrogen-bond donors (Lipinski definition) is 1. The molecule has 1 atom stereocenters. The molecule has 0 aliphatic carbocycles. The Morgan fingerprint density at radius 2 is 2.31 bits per heavy atom. The Kier molecular flexibility index (Phi) is 2.57. The van der Waals surface area contributed by atoms with E-state index >= 15 is 0 Å². The summed E-state index contributed by atoms with van der Waals surface area (Å²) in [5.74, 6) is 0. The third-order valence-corrected chi connectivity index (χ3v) is 1.81. The highest BCUT2D eigenvalue weighted by atomic mass is 16.6. The van der Waals surface area contributed by atoms with Crippen molar-refractivity contribution in [1.82, 2.24) is 4.98 Å². The molecule has 5 nitrogen and oxygen atoms in total. The maximum absolute atomic E-state index is 10.4. The van der Waals surface area contributed by atoms with Gasteiger partial charge in [-0.05, 0) is 19.4 Å².